The highest BCUT2D eigenvalue weighted by Gasteiger charge is 2.32. The van der Waals surface area contributed by atoms with E-state index in [0.717, 1.165) is 30.6 Å². The molecule has 2 atom stereocenters. The second-order valence-corrected chi connectivity index (χ2v) is 8.54. The van der Waals surface area contributed by atoms with Gasteiger partial charge in [-0.3, -0.25) is 0 Å². The molecular formula is C10H12Cl3NO2S2. The van der Waals surface area contributed by atoms with Crippen molar-refractivity contribution in [1.29, 1.82) is 0 Å². The third-order valence-electron chi connectivity index (χ3n) is 3.08. The second kappa shape index (κ2) is 5.85. The number of hydrogen-bond acceptors (Lipinski definition) is 3. The summed E-state index contributed by atoms with van der Waals surface area (Å²) < 4.78 is 27.6. The zero-order valence-electron chi connectivity index (χ0n) is 9.33. The van der Waals surface area contributed by atoms with Gasteiger partial charge in [0.05, 0.1) is 4.34 Å². The Kier molecular flexibility index (Phi) is 4.84. The number of halogens is 3. The third-order valence-corrected chi connectivity index (χ3v) is 6.72. The van der Waals surface area contributed by atoms with Gasteiger partial charge in [0.1, 0.15) is 9.23 Å². The summed E-state index contributed by atoms with van der Waals surface area (Å²) >= 11 is 18.5. The summed E-state index contributed by atoms with van der Waals surface area (Å²) in [5.74, 6) is 0.653. The minimum Gasteiger partial charge on any atom is -0.208 e. The molecule has 1 N–H and O–H groups in total. The molecule has 1 saturated carbocycles. The van der Waals surface area contributed by atoms with Crippen molar-refractivity contribution in [2.24, 2.45) is 5.92 Å². The largest absolute Gasteiger partial charge is 0.243 e. The zero-order chi connectivity index (χ0) is 13.3. The van der Waals surface area contributed by atoms with Crippen LogP contribution in [-0.4, -0.2) is 20.3 Å². The van der Waals surface area contributed by atoms with Crippen LogP contribution in [0.25, 0.3) is 0 Å². The summed E-state index contributed by atoms with van der Waals surface area (Å²) in [6.07, 6.45) is 2.75. The minimum absolute atomic E-state index is 0.0550. The van der Waals surface area contributed by atoms with E-state index in [0.29, 0.717) is 10.2 Å². The Morgan fingerprint density at radius 1 is 1.39 bits per heavy atom. The van der Waals surface area contributed by atoms with Crippen LogP contribution in [0.2, 0.25) is 8.67 Å². The molecule has 1 heterocycles. The predicted molar refractivity (Wildman–Crippen MR) is 76.5 cm³/mol. The smallest absolute Gasteiger partial charge is 0.208 e. The maximum Gasteiger partial charge on any atom is 0.243 e. The van der Waals surface area contributed by atoms with Gasteiger partial charge in [-0.15, -0.1) is 22.9 Å². The molecule has 0 bridgehead atoms. The Hall–Kier alpha value is 0.480. The van der Waals surface area contributed by atoms with E-state index in [1.165, 1.54) is 6.07 Å². The Morgan fingerprint density at radius 2 is 2.11 bits per heavy atom. The maximum absolute atomic E-state index is 12.2. The van der Waals surface area contributed by atoms with Crippen molar-refractivity contribution >= 4 is 56.2 Å². The van der Waals surface area contributed by atoms with Gasteiger partial charge in [-0.25, -0.2) is 13.1 Å². The van der Waals surface area contributed by atoms with Crippen LogP contribution in [0.4, 0.5) is 0 Å². The van der Waals surface area contributed by atoms with Crippen molar-refractivity contribution < 1.29 is 8.42 Å². The summed E-state index contributed by atoms with van der Waals surface area (Å²) in [6.45, 7) is 0. The number of alkyl halides is 1. The number of sulfonamides is 1. The van der Waals surface area contributed by atoms with Crippen LogP contribution < -0.4 is 4.72 Å². The van der Waals surface area contributed by atoms with Gasteiger partial charge in [0.25, 0.3) is 0 Å². The van der Waals surface area contributed by atoms with E-state index in [1.54, 1.807) is 0 Å². The van der Waals surface area contributed by atoms with E-state index >= 15 is 0 Å². The fourth-order valence-electron chi connectivity index (χ4n) is 2.15. The molecule has 3 nitrogen and oxygen atoms in total. The molecular weight excluding hydrogens is 337 g/mol. The predicted octanol–water partition coefficient (Wildman–Crippen LogP) is 3.74. The van der Waals surface area contributed by atoms with Crippen molar-refractivity contribution in [3.63, 3.8) is 0 Å². The number of rotatable bonds is 4. The Morgan fingerprint density at radius 3 is 2.67 bits per heavy atom. The molecule has 2 unspecified atom stereocenters. The van der Waals surface area contributed by atoms with Crippen molar-refractivity contribution in [2.45, 2.75) is 30.2 Å². The topological polar surface area (TPSA) is 46.2 Å². The monoisotopic (exact) mass is 347 g/mol. The van der Waals surface area contributed by atoms with Crippen molar-refractivity contribution in [1.82, 2.24) is 4.72 Å². The normalized spacial score (nSPS) is 24.6. The van der Waals surface area contributed by atoms with Crippen LogP contribution in [0.5, 0.6) is 0 Å². The molecule has 0 amide bonds. The van der Waals surface area contributed by atoms with Crippen LogP contribution in [0.15, 0.2) is 11.0 Å². The van der Waals surface area contributed by atoms with Crippen LogP contribution in [0, 0.1) is 5.92 Å². The molecule has 0 aliphatic heterocycles. The number of nitrogens with one attached hydrogen (secondary N) is 1. The lowest BCUT2D eigenvalue weighted by Gasteiger charge is -2.18. The second-order valence-electron chi connectivity index (χ2n) is 4.26. The van der Waals surface area contributed by atoms with Crippen LogP contribution in [0.1, 0.15) is 19.3 Å². The van der Waals surface area contributed by atoms with Gasteiger partial charge in [0.15, 0.2) is 0 Å². The highest BCUT2D eigenvalue weighted by molar-refractivity contribution is 7.89. The van der Waals surface area contributed by atoms with Crippen LogP contribution >= 0.6 is 46.1 Å². The van der Waals surface area contributed by atoms with Crippen molar-refractivity contribution in [3.8, 4) is 0 Å². The molecule has 18 heavy (non-hydrogen) atoms. The molecule has 2 rings (SSSR count). The van der Waals surface area contributed by atoms with Crippen molar-refractivity contribution in [2.75, 3.05) is 5.88 Å². The maximum atomic E-state index is 12.2. The van der Waals surface area contributed by atoms with E-state index in [1.807, 2.05) is 0 Å². The quantitative estimate of drug-likeness (QED) is 0.843. The van der Waals surface area contributed by atoms with Gasteiger partial charge in [0.2, 0.25) is 10.0 Å². The molecule has 0 aromatic carbocycles. The molecule has 1 fully saturated rings. The summed E-state index contributed by atoms with van der Waals surface area (Å²) in [7, 11) is -3.61. The molecule has 102 valence electrons. The summed E-state index contributed by atoms with van der Waals surface area (Å²) in [4.78, 5) is 0.0550. The molecule has 1 aliphatic rings. The number of hydrogen-bond donors (Lipinski definition) is 1. The fourth-order valence-corrected chi connectivity index (χ4v) is 6.01. The first kappa shape index (κ1) is 14.9. The molecule has 0 spiro atoms. The van der Waals surface area contributed by atoms with Crippen LogP contribution in [0.3, 0.4) is 0 Å². The molecule has 1 aromatic rings. The molecule has 1 aromatic heterocycles. The molecule has 0 radical (unpaired) electrons. The minimum atomic E-state index is -3.61. The Bertz CT molecular complexity index is 529. The van der Waals surface area contributed by atoms with Crippen molar-refractivity contribution in [3.05, 3.63) is 14.7 Å². The van der Waals surface area contributed by atoms with Gasteiger partial charge >= 0.3 is 0 Å². The first-order chi connectivity index (χ1) is 8.44. The highest BCUT2D eigenvalue weighted by atomic mass is 35.5. The third kappa shape index (κ3) is 3.14. The van der Waals surface area contributed by atoms with Gasteiger partial charge in [-0.05, 0) is 24.8 Å². The summed E-state index contributed by atoms with van der Waals surface area (Å²) in [5, 5.41) is 0. The van der Waals surface area contributed by atoms with Gasteiger partial charge in [-0.1, -0.05) is 29.6 Å². The average Bonchev–Trinajstić information content (AvgIpc) is 2.84. The van der Waals surface area contributed by atoms with Gasteiger partial charge in [-0.2, -0.15) is 0 Å². The zero-order valence-corrected chi connectivity index (χ0v) is 13.2. The standard InChI is InChI=1S/C10H12Cl3NO2S2/c11-5-6-2-1-3-7(6)14-18(15,16)8-4-9(12)17-10(8)13/h4,6-7,14H,1-3,5H2. The van der Waals surface area contributed by atoms with E-state index < -0.39 is 10.0 Å². The Labute approximate surface area is 125 Å². The number of thiophene rings is 1. The summed E-state index contributed by atoms with van der Waals surface area (Å²) in [6, 6.07) is 1.27. The van der Waals surface area contributed by atoms with E-state index in [2.05, 4.69) is 4.72 Å². The molecule has 8 heteroatoms. The van der Waals surface area contributed by atoms with Crippen LogP contribution in [-0.2, 0) is 10.0 Å². The van der Waals surface area contributed by atoms with Gasteiger partial charge in [0, 0.05) is 11.9 Å². The lowest BCUT2D eigenvalue weighted by molar-refractivity contribution is 0.480. The first-order valence-electron chi connectivity index (χ1n) is 5.47. The SMILES string of the molecule is O=S(=O)(NC1CCCC1CCl)c1cc(Cl)sc1Cl. The fraction of sp³-hybridized carbons (Fsp3) is 0.600. The van der Waals surface area contributed by atoms with Gasteiger partial charge < -0.3 is 0 Å². The average molecular weight is 349 g/mol. The Balaban J connectivity index is 2.19. The highest BCUT2D eigenvalue weighted by Crippen LogP contribution is 2.35. The lowest BCUT2D eigenvalue weighted by atomic mass is 10.1. The first-order valence-corrected chi connectivity index (χ1v) is 9.06. The van der Waals surface area contributed by atoms with E-state index in [4.69, 9.17) is 34.8 Å². The summed E-state index contributed by atoms with van der Waals surface area (Å²) in [5.41, 5.74) is 0. The molecule has 0 saturated heterocycles. The molecule has 1 aliphatic carbocycles. The van der Waals surface area contributed by atoms with E-state index in [-0.39, 0.29) is 21.2 Å². The lowest BCUT2D eigenvalue weighted by Crippen LogP contribution is -2.37. The van der Waals surface area contributed by atoms with E-state index in [9.17, 15) is 8.42 Å².